The number of carbonyl (C=O) groups excluding carboxylic acids is 2. The third kappa shape index (κ3) is 7.34. The molecule has 0 heterocycles. The van der Waals surface area contributed by atoms with Gasteiger partial charge in [0.05, 0.1) is 0 Å². The van der Waals surface area contributed by atoms with Crippen molar-refractivity contribution in [3.8, 4) is 11.8 Å². The van der Waals surface area contributed by atoms with E-state index in [2.05, 4.69) is 32.6 Å². The van der Waals surface area contributed by atoms with E-state index in [0.717, 1.165) is 24.8 Å². The second-order valence-corrected chi connectivity index (χ2v) is 7.33. The van der Waals surface area contributed by atoms with Crippen molar-refractivity contribution in [3.05, 3.63) is 35.9 Å². The van der Waals surface area contributed by atoms with Crippen LogP contribution in [-0.4, -0.2) is 31.4 Å². The average Bonchev–Trinajstić information content (AvgIpc) is 2.64. The molecule has 1 aliphatic carbocycles. The molecule has 0 bridgehead atoms. The summed E-state index contributed by atoms with van der Waals surface area (Å²) < 4.78 is 15.5. The summed E-state index contributed by atoms with van der Waals surface area (Å²) in [4.78, 5) is 23.5. The first-order valence-electron chi connectivity index (χ1n) is 9.53. The van der Waals surface area contributed by atoms with E-state index in [9.17, 15) is 9.59 Å². The fourth-order valence-electron chi connectivity index (χ4n) is 3.35. The van der Waals surface area contributed by atoms with E-state index in [-0.39, 0.29) is 19.3 Å². The monoisotopic (exact) mass is 372 g/mol. The Morgan fingerprint density at radius 1 is 1.11 bits per heavy atom. The summed E-state index contributed by atoms with van der Waals surface area (Å²) in [6.45, 7) is 6.38. The lowest BCUT2D eigenvalue weighted by atomic mass is 9.75. The predicted molar refractivity (Wildman–Crippen MR) is 102 cm³/mol. The van der Waals surface area contributed by atoms with Crippen LogP contribution in [0.2, 0.25) is 0 Å². The SMILES string of the molecule is CC(C)[C@H]1CC[C@H](C)C[C@@H]1OC(=O)OCCOC(=O)C#Cc1ccccc1. The van der Waals surface area contributed by atoms with Gasteiger partial charge in [0.15, 0.2) is 0 Å². The Bertz CT molecular complexity index is 671. The number of rotatable bonds is 5. The molecule has 0 spiro atoms. The Balaban J connectivity index is 1.68. The van der Waals surface area contributed by atoms with Crippen LogP contribution in [-0.2, 0) is 19.0 Å². The van der Waals surface area contributed by atoms with Gasteiger partial charge in [-0.1, -0.05) is 51.3 Å². The van der Waals surface area contributed by atoms with Crippen LogP contribution in [0.3, 0.4) is 0 Å². The van der Waals surface area contributed by atoms with Crippen LogP contribution in [0.15, 0.2) is 30.3 Å². The first-order chi connectivity index (χ1) is 13.0. The standard InChI is InChI=1S/C22H28O5/c1-16(2)19-11-9-17(3)15-20(19)27-22(24)26-14-13-25-21(23)12-10-18-7-5-4-6-8-18/h4-8,16-17,19-20H,9,11,13-15H2,1-3H3/t17-,19+,20-/m0/s1. The zero-order valence-electron chi connectivity index (χ0n) is 16.3. The van der Waals surface area contributed by atoms with Crippen molar-refractivity contribution in [2.75, 3.05) is 13.2 Å². The smallest absolute Gasteiger partial charge is 0.452 e. The van der Waals surface area contributed by atoms with Crippen LogP contribution in [0, 0.1) is 29.6 Å². The molecule has 27 heavy (non-hydrogen) atoms. The fourth-order valence-corrected chi connectivity index (χ4v) is 3.35. The Labute approximate surface area is 161 Å². The van der Waals surface area contributed by atoms with E-state index in [1.165, 1.54) is 0 Å². The molecule has 3 atom stereocenters. The highest BCUT2D eigenvalue weighted by Crippen LogP contribution is 2.35. The highest BCUT2D eigenvalue weighted by atomic mass is 16.7. The van der Waals surface area contributed by atoms with E-state index < -0.39 is 12.1 Å². The highest BCUT2D eigenvalue weighted by Gasteiger charge is 2.33. The van der Waals surface area contributed by atoms with Gasteiger partial charge in [-0.25, -0.2) is 9.59 Å². The molecule has 1 saturated carbocycles. The van der Waals surface area contributed by atoms with Gasteiger partial charge in [0.25, 0.3) is 0 Å². The quantitative estimate of drug-likeness (QED) is 0.440. The molecule has 0 aliphatic heterocycles. The minimum absolute atomic E-state index is 0.0494. The molecule has 1 aromatic carbocycles. The zero-order chi connectivity index (χ0) is 19.6. The van der Waals surface area contributed by atoms with Gasteiger partial charge in [-0.3, -0.25) is 0 Å². The number of hydrogen-bond donors (Lipinski definition) is 0. The fraction of sp³-hybridized carbons (Fsp3) is 0.545. The third-order valence-corrected chi connectivity index (χ3v) is 4.83. The van der Waals surface area contributed by atoms with Crippen molar-refractivity contribution in [2.24, 2.45) is 17.8 Å². The second-order valence-electron chi connectivity index (χ2n) is 7.33. The van der Waals surface area contributed by atoms with Gasteiger partial charge in [0.2, 0.25) is 0 Å². The first-order valence-corrected chi connectivity index (χ1v) is 9.53. The van der Waals surface area contributed by atoms with Crippen molar-refractivity contribution in [1.82, 2.24) is 0 Å². The normalized spacial score (nSPS) is 21.7. The minimum atomic E-state index is -0.703. The van der Waals surface area contributed by atoms with Crippen molar-refractivity contribution >= 4 is 12.1 Å². The lowest BCUT2D eigenvalue weighted by Gasteiger charge is -2.36. The van der Waals surface area contributed by atoms with Gasteiger partial charge in [-0.2, -0.15) is 0 Å². The summed E-state index contributed by atoms with van der Waals surface area (Å²) in [6, 6.07) is 9.15. The maximum atomic E-state index is 11.9. The van der Waals surface area contributed by atoms with Gasteiger partial charge >= 0.3 is 12.1 Å². The number of hydrogen-bond acceptors (Lipinski definition) is 5. The maximum absolute atomic E-state index is 11.9. The largest absolute Gasteiger partial charge is 0.508 e. The summed E-state index contributed by atoms with van der Waals surface area (Å²) >= 11 is 0. The molecule has 0 radical (unpaired) electrons. The Morgan fingerprint density at radius 2 is 1.81 bits per heavy atom. The van der Waals surface area contributed by atoms with Crippen molar-refractivity contribution in [1.29, 1.82) is 0 Å². The van der Waals surface area contributed by atoms with E-state index in [1.807, 2.05) is 18.2 Å². The van der Waals surface area contributed by atoms with Crippen LogP contribution in [0.25, 0.3) is 0 Å². The average molecular weight is 372 g/mol. The lowest BCUT2D eigenvalue weighted by molar-refractivity contribution is -0.138. The van der Waals surface area contributed by atoms with Crippen LogP contribution < -0.4 is 0 Å². The van der Waals surface area contributed by atoms with Gasteiger partial charge in [-0.15, -0.1) is 0 Å². The minimum Gasteiger partial charge on any atom is -0.452 e. The summed E-state index contributed by atoms with van der Waals surface area (Å²) in [7, 11) is 0. The third-order valence-electron chi connectivity index (χ3n) is 4.83. The molecule has 0 unspecified atom stereocenters. The lowest BCUT2D eigenvalue weighted by Crippen LogP contribution is -2.36. The number of esters is 1. The van der Waals surface area contributed by atoms with Gasteiger partial charge in [0, 0.05) is 11.5 Å². The molecule has 0 saturated heterocycles. The molecule has 1 fully saturated rings. The van der Waals surface area contributed by atoms with Gasteiger partial charge in [0.1, 0.15) is 19.3 Å². The molecule has 1 aromatic rings. The van der Waals surface area contributed by atoms with E-state index in [0.29, 0.717) is 17.8 Å². The van der Waals surface area contributed by atoms with E-state index in [1.54, 1.807) is 12.1 Å². The van der Waals surface area contributed by atoms with Gasteiger partial charge < -0.3 is 14.2 Å². The van der Waals surface area contributed by atoms with Gasteiger partial charge in [-0.05, 0) is 42.7 Å². The number of carbonyl (C=O) groups is 2. The Morgan fingerprint density at radius 3 is 2.52 bits per heavy atom. The molecule has 146 valence electrons. The summed E-state index contributed by atoms with van der Waals surface area (Å²) in [5, 5.41) is 0. The second kappa shape index (κ2) is 10.6. The molecule has 5 nitrogen and oxygen atoms in total. The van der Waals surface area contributed by atoms with Crippen LogP contribution >= 0.6 is 0 Å². The summed E-state index contributed by atoms with van der Waals surface area (Å²) in [5.74, 6) is 5.81. The number of ether oxygens (including phenoxy) is 3. The molecule has 0 N–H and O–H groups in total. The Hall–Kier alpha value is -2.48. The summed E-state index contributed by atoms with van der Waals surface area (Å²) in [6.07, 6.45) is 2.28. The number of benzene rings is 1. The van der Waals surface area contributed by atoms with Crippen molar-refractivity contribution < 1.29 is 23.8 Å². The van der Waals surface area contributed by atoms with Crippen LogP contribution in [0.1, 0.15) is 45.6 Å². The van der Waals surface area contributed by atoms with Crippen LogP contribution in [0.5, 0.6) is 0 Å². The molecule has 0 amide bonds. The molecule has 2 rings (SSSR count). The van der Waals surface area contributed by atoms with Crippen LogP contribution in [0.4, 0.5) is 4.79 Å². The molecular weight excluding hydrogens is 344 g/mol. The molecular formula is C22H28O5. The Kier molecular flexibility index (Phi) is 8.19. The highest BCUT2D eigenvalue weighted by molar-refractivity contribution is 5.89. The zero-order valence-corrected chi connectivity index (χ0v) is 16.3. The molecule has 1 aliphatic rings. The first kappa shape index (κ1) is 20.8. The predicted octanol–water partition coefficient (Wildman–Crippen LogP) is 4.20. The van der Waals surface area contributed by atoms with E-state index in [4.69, 9.17) is 14.2 Å². The topological polar surface area (TPSA) is 61.8 Å². The van der Waals surface area contributed by atoms with Crippen molar-refractivity contribution in [2.45, 2.75) is 46.1 Å². The summed E-state index contributed by atoms with van der Waals surface area (Å²) in [5.41, 5.74) is 0.732. The molecule has 5 heteroatoms. The molecule has 0 aromatic heterocycles. The van der Waals surface area contributed by atoms with Crippen molar-refractivity contribution in [3.63, 3.8) is 0 Å². The maximum Gasteiger partial charge on any atom is 0.508 e. The van der Waals surface area contributed by atoms with E-state index >= 15 is 0 Å².